The number of ether oxygens (including phenoxy) is 2. The molecule has 2 atom stereocenters. The van der Waals surface area contributed by atoms with Crippen molar-refractivity contribution in [2.45, 2.75) is 45.3 Å². The highest BCUT2D eigenvalue weighted by Crippen LogP contribution is 2.49. The van der Waals surface area contributed by atoms with E-state index in [1.807, 2.05) is 45.0 Å². The third kappa shape index (κ3) is 3.21. The molecule has 0 aromatic heterocycles. The standard InChI is InChI=1S/C18H28N2O3/c1-5-23-15-12-18(19,17(15,2)3)16(21)20-11-10-13-8-6-7-9-14(13)22-4/h6-9,15H,5,10-12,19H2,1-4H3,(H,20,21). The Morgan fingerprint density at radius 3 is 2.70 bits per heavy atom. The Bertz CT molecular complexity index is 559. The number of hydrogen-bond donors (Lipinski definition) is 2. The molecular formula is C18H28N2O3. The summed E-state index contributed by atoms with van der Waals surface area (Å²) < 4.78 is 11.0. The van der Waals surface area contributed by atoms with Crippen LogP contribution in [0.15, 0.2) is 24.3 Å². The molecule has 128 valence electrons. The van der Waals surface area contributed by atoms with Crippen molar-refractivity contribution in [1.82, 2.24) is 5.32 Å². The molecule has 23 heavy (non-hydrogen) atoms. The average Bonchev–Trinajstić information content (AvgIpc) is 2.54. The van der Waals surface area contributed by atoms with Crippen LogP contribution in [0.2, 0.25) is 0 Å². The summed E-state index contributed by atoms with van der Waals surface area (Å²) in [5, 5.41) is 2.97. The molecule has 1 amide bonds. The van der Waals surface area contributed by atoms with Crippen molar-refractivity contribution in [3.63, 3.8) is 0 Å². The minimum Gasteiger partial charge on any atom is -0.496 e. The summed E-state index contributed by atoms with van der Waals surface area (Å²) in [4.78, 5) is 12.5. The third-order valence-electron chi connectivity index (χ3n) is 5.11. The number of carbonyl (C=O) groups is 1. The van der Waals surface area contributed by atoms with Gasteiger partial charge in [-0.15, -0.1) is 0 Å². The Morgan fingerprint density at radius 1 is 1.39 bits per heavy atom. The van der Waals surface area contributed by atoms with Gasteiger partial charge in [-0.25, -0.2) is 0 Å². The highest BCUT2D eigenvalue weighted by Gasteiger charge is 2.62. The lowest BCUT2D eigenvalue weighted by atomic mass is 9.54. The smallest absolute Gasteiger partial charge is 0.240 e. The van der Waals surface area contributed by atoms with Crippen LogP contribution in [0.4, 0.5) is 0 Å². The maximum atomic E-state index is 12.5. The molecule has 1 aromatic rings. The van der Waals surface area contributed by atoms with E-state index in [2.05, 4.69) is 5.32 Å². The van der Waals surface area contributed by atoms with Crippen molar-refractivity contribution in [2.75, 3.05) is 20.3 Å². The molecule has 0 heterocycles. The van der Waals surface area contributed by atoms with E-state index in [0.717, 1.165) is 11.3 Å². The molecule has 0 aliphatic heterocycles. The van der Waals surface area contributed by atoms with Gasteiger partial charge in [-0.2, -0.15) is 0 Å². The van der Waals surface area contributed by atoms with Gasteiger partial charge in [-0.05, 0) is 25.0 Å². The molecule has 1 saturated carbocycles. The van der Waals surface area contributed by atoms with Crippen molar-refractivity contribution in [3.05, 3.63) is 29.8 Å². The molecule has 0 saturated heterocycles. The molecule has 1 aliphatic carbocycles. The second kappa shape index (κ2) is 6.89. The van der Waals surface area contributed by atoms with E-state index in [4.69, 9.17) is 15.2 Å². The van der Waals surface area contributed by atoms with E-state index >= 15 is 0 Å². The van der Waals surface area contributed by atoms with Gasteiger partial charge in [-0.3, -0.25) is 4.79 Å². The van der Waals surface area contributed by atoms with Gasteiger partial charge < -0.3 is 20.5 Å². The largest absolute Gasteiger partial charge is 0.496 e. The second-order valence-corrected chi connectivity index (χ2v) is 6.66. The highest BCUT2D eigenvalue weighted by molar-refractivity contribution is 5.88. The fraction of sp³-hybridized carbons (Fsp3) is 0.611. The number of rotatable bonds is 7. The quantitative estimate of drug-likeness (QED) is 0.804. The van der Waals surface area contributed by atoms with E-state index in [0.29, 0.717) is 26.0 Å². The Morgan fingerprint density at radius 2 is 2.09 bits per heavy atom. The molecule has 1 fully saturated rings. The lowest BCUT2D eigenvalue weighted by Gasteiger charge is -2.57. The van der Waals surface area contributed by atoms with Gasteiger partial charge in [0.2, 0.25) is 5.91 Å². The monoisotopic (exact) mass is 320 g/mol. The second-order valence-electron chi connectivity index (χ2n) is 6.66. The van der Waals surface area contributed by atoms with Gasteiger partial charge in [0.25, 0.3) is 0 Å². The van der Waals surface area contributed by atoms with Crippen LogP contribution in [0, 0.1) is 5.41 Å². The van der Waals surface area contributed by atoms with Gasteiger partial charge >= 0.3 is 0 Å². The fourth-order valence-electron chi connectivity index (χ4n) is 3.20. The van der Waals surface area contributed by atoms with Crippen LogP contribution in [0.3, 0.4) is 0 Å². The summed E-state index contributed by atoms with van der Waals surface area (Å²) >= 11 is 0. The first-order chi connectivity index (χ1) is 10.9. The number of benzene rings is 1. The molecule has 0 bridgehead atoms. The highest BCUT2D eigenvalue weighted by atomic mass is 16.5. The van der Waals surface area contributed by atoms with Gasteiger partial charge in [0, 0.05) is 25.0 Å². The van der Waals surface area contributed by atoms with Crippen LogP contribution in [0.1, 0.15) is 32.8 Å². The Kier molecular flexibility index (Phi) is 5.32. The van der Waals surface area contributed by atoms with E-state index < -0.39 is 5.54 Å². The lowest BCUT2D eigenvalue weighted by molar-refractivity contribution is -0.170. The summed E-state index contributed by atoms with van der Waals surface area (Å²) in [5.74, 6) is 0.734. The number of amides is 1. The van der Waals surface area contributed by atoms with Gasteiger partial charge in [0.1, 0.15) is 11.3 Å². The first-order valence-corrected chi connectivity index (χ1v) is 8.17. The number of hydrogen-bond acceptors (Lipinski definition) is 4. The summed E-state index contributed by atoms with van der Waals surface area (Å²) in [6.45, 7) is 7.13. The molecule has 1 aromatic carbocycles. The van der Waals surface area contributed by atoms with E-state index in [1.54, 1.807) is 7.11 Å². The number of nitrogens with two attached hydrogens (primary N) is 1. The molecular weight excluding hydrogens is 292 g/mol. The minimum atomic E-state index is -0.867. The molecule has 2 unspecified atom stereocenters. The van der Waals surface area contributed by atoms with Crippen molar-refractivity contribution >= 4 is 5.91 Å². The zero-order chi connectivity index (χ0) is 17.1. The van der Waals surface area contributed by atoms with Crippen LogP contribution < -0.4 is 15.8 Å². The van der Waals surface area contributed by atoms with Crippen molar-refractivity contribution in [2.24, 2.45) is 11.1 Å². The SMILES string of the molecule is CCOC1CC(N)(C(=O)NCCc2ccccc2OC)C1(C)C. The van der Waals surface area contributed by atoms with Crippen molar-refractivity contribution < 1.29 is 14.3 Å². The van der Waals surface area contributed by atoms with Crippen molar-refractivity contribution in [3.8, 4) is 5.75 Å². The predicted octanol–water partition coefficient (Wildman–Crippen LogP) is 1.89. The van der Waals surface area contributed by atoms with Gasteiger partial charge in [-0.1, -0.05) is 32.0 Å². The average molecular weight is 320 g/mol. The number of methoxy groups -OCH3 is 1. The van der Waals surface area contributed by atoms with Crippen LogP contribution in [-0.2, 0) is 16.0 Å². The Hall–Kier alpha value is -1.59. The molecule has 5 heteroatoms. The van der Waals surface area contributed by atoms with E-state index in [-0.39, 0.29) is 17.4 Å². The summed E-state index contributed by atoms with van der Waals surface area (Å²) in [6.07, 6.45) is 1.31. The molecule has 3 N–H and O–H groups in total. The Labute approximate surface area is 138 Å². The zero-order valence-corrected chi connectivity index (χ0v) is 14.5. The first-order valence-electron chi connectivity index (χ1n) is 8.17. The number of carbonyl (C=O) groups excluding carboxylic acids is 1. The van der Waals surface area contributed by atoms with Gasteiger partial charge in [0.05, 0.1) is 13.2 Å². The van der Waals surface area contributed by atoms with Crippen LogP contribution in [0.25, 0.3) is 0 Å². The maximum Gasteiger partial charge on any atom is 0.240 e. The van der Waals surface area contributed by atoms with Crippen LogP contribution >= 0.6 is 0 Å². The maximum absolute atomic E-state index is 12.5. The summed E-state index contributed by atoms with van der Waals surface area (Å²) in [6, 6.07) is 7.82. The van der Waals surface area contributed by atoms with Gasteiger partial charge in [0.15, 0.2) is 0 Å². The first kappa shape index (κ1) is 17.8. The topological polar surface area (TPSA) is 73.6 Å². The normalized spacial score (nSPS) is 25.5. The summed E-state index contributed by atoms with van der Waals surface area (Å²) in [5.41, 5.74) is 6.20. The zero-order valence-electron chi connectivity index (χ0n) is 14.5. The van der Waals surface area contributed by atoms with Crippen LogP contribution in [0.5, 0.6) is 5.75 Å². The lowest BCUT2D eigenvalue weighted by Crippen LogP contribution is -2.75. The van der Waals surface area contributed by atoms with Crippen LogP contribution in [-0.4, -0.2) is 37.8 Å². The predicted molar refractivity (Wildman–Crippen MR) is 90.4 cm³/mol. The number of para-hydroxylation sites is 1. The molecule has 0 radical (unpaired) electrons. The third-order valence-corrected chi connectivity index (χ3v) is 5.11. The van der Waals surface area contributed by atoms with Crippen molar-refractivity contribution in [1.29, 1.82) is 0 Å². The molecule has 0 spiro atoms. The molecule has 1 aliphatic rings. The number of nitrogens with one attached hydrogen (secondary N) is 1. The minimum absolute atomic E-state index is 0.0393. The summed E-state index contributed by atoms with van der Waals surface area (Å²) in [7, 11) is 1.65. The van der Waals surface area contributed by atoms with E-state index in [9.17, 15) is 4.79 Å². The molecule has 5 nitrogen and oxygen atoms in total. The Balaban J connectivity index is 1.90. The molecule has 2 rings (SSSR count). The fourth-order valence-corrected chi connectivity index (χ4v) is 3.20. The van der Waals surface area contributed by atoms with E-state index in [1.165, 1.54) is 0 Å².